The summed E-state index contributed by atoms with van der Waals surface area (Å²) in [5.74, 6) is -1.19. The molecule has 0 aliphatic heterocycles. The van der Waals surface area contributed by atoms with Crippen molar-refractivity contribution in [3.63, 3.8) is 0 Å². The summed E-state index contributed by atoms with van der Waals surface area (Å²) in [6, 6.07) is 11.6. The van der Waals surface area contributed by atoms with Gasteiger partial charge in [0.25, 0.3) is 0 Å². The molecule has 0 spiro atoms. The van der Waals surface area contributed by atoms with Gasteiger partial charge in [0.1, 0.15) is 5.82 Å². The van der Waals surface area contributed by atoms with E-state index in [0.29, 0.717) is 6.54 Å². The van der Waals surface area contributed by atoms with Gasteiger partial charge in [-0.3, -0.25) is 0 Å². The van der Waals surface area contributed by atoms with Gasteiger partial charge in [0.15, 0.2) is 0 Å². The number of hydrogen-bond acceptors (Lipinski definition) is 2. The smallest absolute Gasteiger partial charge is 0.335 e. The lowest BCUT2D eigenvalue weighted by Crippen LogP contribution is -2.22. The van der Waals surface area contributed by atoms with Crippen LogP contribution < -0.4 is 4.90 Å². The van der Waals surface area contributed by atoms with Crippen molar-refractivity contribution in [2.45, 2.75) is 20.4 Å². The van der Waals surface area contributed by atoms with Crippen LogP contribution in [0, 0.1) is 12.7 Å². The van der Waals surface area contributed by atoms with E-state index in [-0.39, 0.29) is 11.4 Å². The maximum atomic E-state index is 13.3. The largest absolute Gasteiger partial charge is 0.478 e. The lowest BCUT2D eigenvalue weighted by Gasteiger charge is -2.24. The van der Waals surface area contributed by atoms with Crippen molar-refractivity contribution in [1.29, 1.82) is 0 Å². The third-order valence-corrected chi connectivity index (χ3v) is 3.51. The Balaban J connectivity index is 2.25. The number of benzene rings is 2. The maximum Gasteiger partial charge on any atom is 0.335 e. The Morgan fingerprint density at radius 3 is 2.57 bits per heavy atom. The number of carbonyl (C=O) groups is 1. The first-order valence-corrected chi connectivity index (χ1v) is 6.84. The van der Waals surface area contributed by atoms with Gasteiger partial charge in [-0.2, -0.15) is 0 Å². The second kappa shape index (κ2) is 6.39. The summed E-state index contributed by atoms with van der Waals surface area (Å²) >= 11 is 0. The molecule has 1 N–H and O–H groups in total. The molecule has 0 heterocycles. The number of carboxylic acids is 1. The molecule has 3 nitrogen and oxygen atoms in total. The third-order valence-electron chi connectivity index (χ3n) is 3.51. The fraction of sp³-hybridized carbons (Fsp3) is 0.235. The highest BCUT2D eigenvalue weighted by Crippen LogP contribution is 2.20. The molecule has 0 aromatic heterocycles. The first-order valence-electron chi connectivity index (χ1n) is 6.84. The zero-order valence-corrected chi connectivity index (χ0v) is 12.1. The van der Waals surface area contributed by atoms with Crippen LogP contribution in [0.2, 0.25) is 0 Å². The van der Waals surface area contributed by atoms with Crippen LogP contribution >= 0.6 is 0 Å². The minimum Gasteiger partial charge on any atom is -0.478 e. The lowest BCUT2D eigenvalue weighted by atomic mass is 10.0. The minimum atomic E-state index is -0.929. The monoisotopic (exact) mass is 287 g/mol. The van der Waals surface area contributed by atoms with Crippen molar-refractivity contribution in [3.8, 4) is 0 Å². The quantitative estimate of drug-likeness (QED) is 0.907. The number of anilines is 1. The van der Waals surface area contributed by atoms with Crippen molar-refractivity contribution >= 4 is 11.7 Å². The van der Waals surface area contributed by atoms with E-state index in [1.54, 1.807) is 18.2 Å². The SMILES string of the molecule is CCN(Cc1ccc(C(=O)O)cc1C)c1cccc(F)c1. The normalized spacial score (nSPS) is 10.4. The van der Waals surface area contributed by atoms with Gasteiger partial charge in [-0.15, -0.1) is 0 Å². The number of aromatic carboxylic acids is 1. The molecule has 0 amide bonds. The molecular weight excluding hydrogens is 269 g/mol. The summed E-state index contributed by atoms with van der Waals surface area (Å²) < 4.78 is 13.3. The van der Waals surface area contributed by atoms with Crippen LogP contribution in [0.25, 0.3) is 0 Å². The Morgan fingerprint density at radius 2 is 2.00 bits per heavy atom. The van der Waals surface area contributed by atoms with Gasteiger partial charge in [0.05, 0.1) is 5.56 Å². The van der Waals surface area contributed by atoms with Gasteiger partial charge in [0, 0.05) is 18.8 Å². The van der Waals surface area contributed by atoms with Gasteiger partial charge in [-0.1, -0.05) is 12.1 Å². The Bertz CT molecular complexity index is 655. The molecule has 0 aliphatic rings. The zero-order chi connectivity index (χ0) is 15.4. The molecule has 0 aliphatic carbocycles. The Kier molecular flexibility index (Phi) is 4.58. The summed E-state index contributed by atoms with van der Waals surface area (Å²) in [6.45, 7) is 5.25. The van der Waals surface area contributed by atoms with E-state index < -0.39 is 5.97 Å². The van der Waals surface area contributed by atoms with E-state index in [1.807, 2.05) is 30.9 Å². The highest BCUT2D eigenvalue weighted by molar-refractivity contribution is 5.87. The van der Waals surface area contributed by atoms with Gasteiger partial charge < -0.3 is 10.0 Å². The standard InChI is InChI=1S/C17H18FNO2/c1-3-19(16-6-4-5-15(18)10-16)11-14-8-7-13(17(20)21)9-12(14)2/h4-10H,3,11H2,1-2H3,(H,20,21). The summed E-state index contributed by atoms with van der Waals surface area (Å²) in [5, 5.41) is 8.98. The second-order valence-electron chi connectivity index (χ2n) is 4.94. The molecule has 2 aromatic rings. The average molecular weight is 287 g/mol. The van der Waals surface area contributed by atoms with Crippen LogP contribution in [0.5, 0.6) is 0 Å². The number of aryl methyl sites for hydroxylation is 1. The maximum absolute atomic E-state index is 13.3. The summed E-state index contributed by atoms with van der Waals surface area (Å²) in [6.07, 6.45) is 0. The van der Waals surface area contributed by atoms with E-state index in [0.717, 1.165) is 23.4 Å². The molecule has 2 aromatic carbocycles. The van der Waals surface area contributed by atoms with Crippen molar-refractivity contribution in [2.75, 3.05) is 11.4 Å². The minimum absolute atomic E-state index is 0.260. The van der Waals surface area contributed by atoms with Crippen LogP contribution in [-0.4, -0.2) is 17.6 Å². The fourth-order valence-electron chi connectivity index (χ4n) is 2.27. The second-order valence-corrected chi connectivity index (χ2v) is 4.94. The van der Waals surface area contributed by atoms with Crippen LogP contribution in [0.1, 0.15) is 28.4 Å². The van der Waals surface area contributed by atoms with E-state index in [9.17, 15) is 9.18 Å². The Labute approximate surface area is 123 Å². The molecule has 0 bridgehead atoms. The number of halogens is 1. The first kappa shape index (κ1) is 15.0. The summed E-state index contributed by atoms with van der Waals surface area (Å²) in [5.41, 5.74) is 3.06. The van der Waals surface area contributed by atoms with Crippen LogP contribution in [0.4, 0.5) is 10.1 Å². The molecule has 21 heavy (non-hydrogen) atoms. The zero-order valence-electron chi connectivity index (χ0n) is 12.1. The molecular formula is C17H18FNO2. The molecule has 0 fully saturated rings. The first-order chi connectivity index (χ1) is 10.0. The number of rotatable bonds is 5. The van der Waals surface area contributed by atoms with Crippen molar-refractivity contribution in [1.82, 2.24) is 0 Å². The average Bonchev–Trinajstić information content (AvgIpc) is 2.45. The fourth-order valence-corrected chi connectivity index (χ4v) is 2.27. The topological polar surface area (TPSA) is 40.5 Å². The van der Waals surface area contributed by atoms with Crippen molar-refractivity contribution < 1.29 is 14.3 Å². The molecule has 4 heteroatoms. The molecule has 110 valence electrons. The summed E-state index contributed by atoms with van der Waals surface area (Å²) in [4.78, 5) is 13.0. The Hall–Kier alpha value is -2.36. The van der Waals surface area contributed by atoms with Gasteiger partial charge in [-0.25, -0.2) is 9.18 Å². The van der Waals surface area contributed by atoms with E-state index >= 15 is 0 Å². The van der Waals surface area contributed by atoms with Gasteiger partial charge >= 0.3 is 5.97 Å². The molecule has 0 saturated heterocycles. The van der Waals surface area contributed by atoms with Gasteiger partial charge in [-0.05, 0) is 55.3 Å². The van der Waals surface area contributed by atoms with E-state index in [1.165, 1.54) is 12.1 Å². The number of nitrogens with zero attached hydrogens (tertiary/aromatic N) is 1. The van der Waals surface area contributed by atoms with Crippen LogP contribution in [0.15, 0.2) is 42.5 Å². The van der Waals surface area contributed by atoms with Crippen LogP contribution in [0.3, 0.4) is 0 Å². The van der Waals surface area contributed by atoms with E-state index in [2.05, 4.69) is 0 Å². The molecule has 0 unspecified atom stereocenters. The molecule has 0 radical (unpaired) electrons. The van der Waals surface area contributed by atoms with Crippen LogP contribution in [-0.2, 0) is 6.54 Å². The molecule has 0 atom stereocenters. The van der Waals surface area contributed by atoms with Crippen molar-refractivity contribution in [3.05, 3.63) is 65.0 Å². The van der Waals surface area contributed by atoms with E-state index in [4.69, 9.17) is 5.11 Å². The lowest BCUT2D eigenvalue weighted by molar-refractivity contribution is 0.0697. The summed E-state index contributed by atoms with van der Waals surface area (Å²) in [7, 11) is 0. The van der Waals surface area contributed by atoms with Gasteiger partial charge in [0.2, 0.25) is 0 Å². The predicted octanol–water partition coefficient (Wildman–Crippen LogP) is 3.86. The highest BCUT2D eigenvalue weighted by Gasteiger charge is 2.10. The third kappa shape index (κ3) is 3.60. The molecule has 2 rings (SSSR count). The Morgan fingerprint density at radius 1 is 1.24 bits per heavy atom. The van der Waals surface area contributed by atoms with Crippen molar-refractivity contribution in [2.24, 2.45) is 0 Å². The highest BCUT2D eigenvalue weighted by atomic mass is 19.1. The molecule has 0 saturated carbocycles. The number of hydrogen-bond donors (Lipinski definition) is 1. The predicted molar refractivity (Wildman–Crippen MR) is 81.3 cm³/mol. The number of carboxylic acid groups (broad SMARTS) is 1.